The van der Waals surface area contributed by atoms with E-state index in [2.05, 4.69) is 4.52 Å². The minimum atomic E-state index is -4.75. The number of nitrogens with zero attached hydrogens (tertiary/aromatic N) is 1. The summed E-state index contributed by atoms with van der Waals surface area (Å²) in [5.74, 6) is -0.837. The van der Waals surface area contributed by atoms with Crippen molar-refractivity contribution < 1.29 is 104 Å². The van der Waals surface area contributed by atoms with Gasteiger partial charge in [0.2, 0.25) is 0 Å². The molecule has 4 aromatic rings. The Kier molecular flexibility index (Phi) is 13.1. The maximum absolute atomic E-state index is 15.1. The summed E-state index contributed by atoms with van der Waals surface area (Å²) < 4.78 is 48.4. The largest absolute Gasteiger partial charge is 1.00 e. The van der Waals surface area contributed by atoms with Gasteiger partial charge < -0.3 is 26.2 Å². The number of halogens is 1. The van der Waals surface area contributed by atoms with Gasteiger partial charge in [-0.25, -0.2) is 13.8 Å². The Morgan fingerprint density at radius 1 is 1.00 bits per heavy atom. The fourth-order valence-electron chi connectivity index (χ4n) is 3.87. The number of phosphoric acid groups is 1. The molecule has 0 bridgehead atoms. The quantitative estimate of drug-likeness (QED) is 0.134. The first-order valence-corrected chi connectivity index (χ1v) is 13.3. The summed E-state index contributed by atoms with van der Waals surface area (Å²) in [6, 6.07) is 14.2. The van der Waals surface area contributed by atoms with Gasteiger partial charge in [0.05, 0.1) is 24.7 Å². The average molecular weight is 605 g/mol. The molecule has 0 aliphatic heterocycles. The van der Waals surface area contributed by atoms with Crippen molar-refractivity contribution in [1.29, 1.82) is 0 Å². The third-order valence-corrected chi connectivity index (χ3v) is 6.09. The van der Waals surface area contributed by atoms with Crippen LogP contribution in [0.5, 0.6) is 17.2 Å². The summed E-state index contributed by atoms with van der Waals surface area (Å²) >= 11 is 0. The van der Waals surface area contributed by atoms with E-state index in [0.29, 0.717) is 24.3 Å². The summed E-state index contributed by atoms with van der Waals surface area (Å²) in [6.07, 6.45) is 2.14. The molecule has 0 saturated carbocycles. The van der Waals surface area contributed by atoms with Gasteiger partial charge in [-0.15, -0.1) is 0 Å². The van der Waals surface area contributed by atoms with Crippen molar-refractivity contribution in [3.8, 4) is 28.4 Å². The number of benzene rings is 3. The Labute approximate surface area is 282 Å². The van der Waals surface area contributed by atoms with E-state index in [0.717, 1.165) is 6.07 Å². The summed E-state index contributed by atoms with van der Waals surface area (Å²) in [6.45, 7) is 1.82. The second kappa shape index (κ2) is 15.3. The first kappa shape index (κ1) is 35.0. The van der Waals surface area contributed by atoms with Crippen molar-refractivity contribution in [2.24, 2.45) is 0 Å². The molecule has 0 spiro atoms. The average Bonchev–Trinajstić information content (AvgIpc) is 2.91. The van der Waals surface area contributed by atoms with E-state index in [1.807, 2.05) is 6.92 Å². The second-order valence-electron chi connectivity index (χ2n) is 8.35. The smallest absolute Gasteiger partial charge is 1.00 e. The molecule has 0 amide bonds. The zero-order chi connectivity index (χ0) is 28.2. The topological polar surface area (TPSA) is 134 Å². The number of aromatic nitrogens is 1. The summed E-state index contributed by atoms with van der Waals surface area (Å²) in [7, 11) is -3.24. The standard InChI is InChI=1S/C27H25FNO9P.2Na.2H/c1-3-14-36-23-13-12-22(28)24-25(23)29(15-21(26(24)30)17-4-8-19(35-2)9-5-17)16-37-27(31)18-6-10-20(11-7-18)38-39(32,33)34;;;;/h4-13,15H,3,14,16H2,1-2H3,(H2,32,33,34);;;;/q;2*+1;2*-1. The van der Waals surface area contributed by atoms with E-state index in [1.54, 1.807) is 24.3 Å². The van der Waals surface area contributed by atoms with Crippen LogP contribution in [-0.4, -0.2) is 34.0 Å². The van der Waals surface area contributed by atoms with Gasteiger partial charge in [-0.3, -0.25) is 14.6 Å². The van der Waals surface area contributed by atoms with E-state index >= 15 is 4.39 Å². The molecule has 0 unspecified atom stereocenters. The number of hydrogen-bond acceptors (Lipinski definition) is 7. The van der Waals surface area contributed by atoms with Crippen LogP contribution in [0, 0.1) is 5.82 Å². The van der Waals surface area contributed by atoms with Gasteiger partial charge in [0.15, 0.2) is 12.2 Å². The number of hydrogen-bond donors (Lipinski definition) is 2. The predicted molar refractivity (Wildman–Crippen MR) is 143 cm³/mol. The molecule has 10 nitrogen and oxygen atoms in total. The van der Waals surface area contributed by atoms with Crippen LogP contribution >= 0.6 is 7.82 Å². The van der Waals surface area contributed by atoms with Gasteiger partial charge in [0.1, 0.15) is 28.6 Å². The zero-order valence-electron chi connectivity index (χ0n) is 25.0. The number of pyridine rings is 1. The van der Waals surface area contributed by atoms with E-state index in [-0.39, 0.29) is 95.5 Å². The fourth-order valence-corrected chi connectivity index (χ4v) is 4.27. The number of ether oxygens (including phenoxy) is 3. The van der Waals surface area contributed by atoms with Gasteiger partial charge >= 0.3 is 72.9 Å². The summed E-state index contributed by atoms with van der Waals surface area (Å²) in [5, 5.41) is -0.216. The normalized spacial score (nSPS) is 10.8. The molecule has 1 aromatic heterocycles. The Morgan fingerprint density at radius 2 is 1.63 bits per heavy atom. The maximum atomic E-state index is 15.1. The molecule has 0 atom stereocenters. The third-order valence-electron chi connectivity index (χ3n) is 5.65. The Bertz CT molecular complexity index is 1620. The third kappa shape index (κ3) is 8.67. The van der Waals surface area contributed by atoms with Crippen molar-refractivity contribution in [3.05, 3.63) is 88.5 Å². The number of carbonyl (C=O) groups excluding carboxylic acids is 1. The maximum Gasteiger partial charge on any atom is 1.00 e. The van der Waals surface area contributed by atoms with Crippen LogP contribution in [0.25, 0.3) is 22.0 Å². The molecule has 208 valence electrons. The van der Waals surface area contributed by atoms with Gasteiger partial charge in [-0.1, -0.05) is 19.1 Å². The first-order valence-electron chi connectivity index (χ1n) is 11.8. The van der Waals surface area contributed by atoms with Crippen molar-refractivity contribution in [2.75, 3.05) is 13.7 Å². The van der Waals surface area contributed by atoms with Crippen LogP contribution < -0.4 is 78.5 Å². The van der Waals surface area contributed by atoms with Gasteiger partial charge in [-0.05, 0) is 60.5 Å². The minimum absolute atomic E-state index is 0. The molecule has 0 saturated heterocycles. The van der Waals surface area contributed by atoms with E-state index < -0.39 is 31.8 Å². The van der Waals surface area contributed by atoms with Gasteiger partial charge in [0.25, 0.3) is 0 Å². The zero-order valence-corrected chi connectivity index (χ0v) is 27.9. The fraction of sp³-hybridized carbons (Fsp3) is 0.185. The first-order chi connectivity index (χ1) is 18.6. The molecule has 2 N–H and O–H groups in total. The molecule has 1 heterocycles. The molecule has 14 heteroatoms. The van der Waals surface area contributed by atoms with Crippen molar-refractivity contribution in [3.63, 3.8) is 0 Å². The molecule has 0 radical (unpaired) electrons. The minimum Gasteiger partial charge on any atom is -1.00 e. The van der Waals surface area contributed by atoms with Crippen molar-refractivity contribution in [2.45, 2.75) is 20.1 Å². The van der Waals surface area contributed by atoms with Crippen molar-refractivity contribution in [1.82, 2.24) is 4.57 Å². The van der Waals surface area contributed by atoms with Crippen LogP contribution in [0.1, 0.15) is 26.6 Å². The Balaban J connectivity index is 0.00000441. The SMILES string of the molecule is CCCOc1ccc(F)c2c(=O)c(-c3ccc(OC)cc3)cn(COC(=O)c3ccc(OP(=O)(O)O)cc3)c12.[H-].[H-].[Na+].[Na+]. The summed E-state index contributed by atoms with van der Waals surface area (Å²) in [4.78, 5) is 44.1. The van der Waals surface area contributed by atoms with Crippen LogP contribution in [0.4, 0.5) is 4.39 Å². The molecular formula is C27H27FNNa2O9P. The van der Waals surface area contributed by atoms with E-state index in [4.69, 9.17) is 24.0 Å². The number of carbonyl (C=O) groups is 1. The summed E-state index contributed by atoms with van der Waals surface area (Å²) in [5.41, 5.74) is 0.318. The predicted octanol–water partition coefficient (Wildman–Crippen LogP) is -0.876. The van der Waals surface area contributed by atoms with Crippen LogP contribution in [0.15, 0.2) is 71.7 Å². The molecular weight excluding hydrogens is 578 g/mol. The number of rotatable bonds is 10. The molecule has 4 rings (SSSR count). The van der Waals surface area contributed by atoms with Crippen LogP contribution in [-0.2, 0) is 16.0 Å². The number of fused-ring (bicyclic) bond motifs is 1. The molecule has 0 aliphatic rings. The van der Waals surface area contributed by atoms with Gasteiger partial charge in [0, 0.05) is 11.8 Å². The molecule has 0 fully saturated rings. The number of esters is 1. The van der Waals surface area contributed by atoms with Crippen LogP contribution in [0.3, 0.4) is 0 Å². The molecule has 0 aliphatic carbocycles. The van der Waals surface area contributed by atoms with Gasteiger partial charge in [-0.2, -0.15) is 0 Å². The Morgan fingerprint density at radius 3 is 2.22 bits per heavy atom. The number of methoxy groups -OCH3 is 1. The molecule has 41 heavy (non-hydrogen) atoms. The van der Waals surface area contributed by atoms with E-state index in [1.165, 1.54) is 48.2 Å². The van der Waals surface area contributed by atoms with Crippen LogP contribution in [0.2, 0.25) is 0 Å². The monoisotopic (exact) mass is 605 g/mol. The second-order valence-corrected chi connectivity index (χ2v) is 9.52. The number of phosphoric ester groups is 1. The molecule has 3 aromatic carbocycles. The van der Waals surface area contributed by atoms with Crippen molar-refractivity contribution >= 4 is 24.7 Å². The Hall–Kier alpha value is -2.18. The van der Waals surface area contributed by atoms with E-state index in [9.17, 15) is 14.2 Å².